The standard InChI is InChI=1S/C29H40N6O/c1-21(2)12-17-34(18-13-22(3)4)29(36)24-10-11-27-31-28(25-19-30-32-23(25)5)26(35(27)20-24)9-8-16-33-14-6-7-15-33/h10-11,19-22H,6-7,12-18H2,1-5H3,(H,30,32). The highest BCUT2D eigenvalue weighted by atomic mass is 16.2. The molecule has 0 unspecified atom stereocenters. The molecule has 4 rings (SSSR count). The number of pyridine rings is 1. The molecular formula is C29H40N6O. The maximum atomic E-state index is 13.6. The van der Waals surface area contributed by atoms with Crippen molar-refractivity contribution < 1.29 is 4.79 Å². The van der Waals surface area contributed by atoms with Crippen molar-refractivity contribution in [2.45, 2.75) is 60.3 Å². The van der Waals surface area contributed by atoms with Crippen LogP contribution in [0.5, 0.6) is 0 Å². The number of aromatic amines is 1. The van der Waals surface area contributed by atoms with Gasteiger partial charge < -0.3 is 4.90 Å². The number of hydrogen-bond acceptors (Lipinski definition) is 4. The highest BCUT2D eigenvalue weighted by molar-refractivity contribution is 5.94. The van der Waals surface area contributed by atoms with Gasteiger partial charge in [0.1, 0.15) is 17.0 Å². The summed E-state index contributed by atoms with van der Waals surface area (Å²) in [5, 5.41) is 7.21. The molecular weight excluding hydrogens is 448 g/mol. The number of aromatic nitrogens is 4. The molecule has 0 atom stereocenters. The summed E-state index contributed by atoms with van der Waals surface area (Å²) in [6.45, 7) is 15.3. The molecule has 3 aromatic rings. The van der Waals surface area contributed by atoms with Gasteiger partial charge in [-0.25, -0.2) is 4.98 Å². The summed E-state index contributed by atoms with van der Waals surface area (Å²) < 4.78 is 1.98. The van der Waals surface area contributed by atoms with Crippen LogP contribution in [0.15, 0.2) is 24.5 Å². The zero-order chi connectivity index (χ0) is 25.7. The van der Waals surface area contributed by atoms with Crippen LogP contribution in [-0.4, -0.2) is 68.0 Å². The van der Waals surface area contributed by atoms with Gasteiger partial charge >= 0.3 is 0 Å². The summed E-state index contributed by atoms with van der Waals surface area (Å²) in [6.07, 6.45) is 8.19. The van der Waals surface area contributed by atoms with Crippen LogP contribution in [0.1, 0.15) is 75.1 Å². The quantitative estimate of drug-likeness (QED) is 0.430. The molecule has 7 nitrogen and oxygen atoms in total. The van der Waals surface area contributed by atoms with E-state index in [2.05, 4.69) is 54.6 Å². The fraction of sp³-hybridized carbons (Fsp3) is 0.552. The van der Waals surface area contributed by atoms with Gasteiger partial charge in [-0.1, -0.05) is 33.6 Å². The molecule has 1 aliphatic rings. The van der Waals surface area contributed by atoms with Crippen molar-refractivity contribution in [3.05, 3.63) is 41.5 Å². The molecule has 192 valence electrons. The molecule has 1 fully saturated rings. The molecule has 0 bridgehead atoms. The third-order valence-electron chi connectivity index (χ3n) is 6.90. The molecule has 36 heavy (non-hydrogen) atoms. The van der Waals surface area contributed by atoms with E-state index in [0.29, 0.717) is 17.4 Å². The summed E-state index contributed by atoms with van der Waals surface area (Å²) in [6, 6.07) is 3.83. The van der Waals surface area contributed by atoms with E-state index in [0.717, 1.165) is 73.9 Å². The van der Waals surface area contributed by atoms with E-state index in [1.165, 1.54) is 12.8 Å². The number of nitrogens with zero attached hydrogens (tertiary/aromatic N) is 5. The Kier molecular flexibility index (Phi) is 8.48. The molecule has 0 aliphatic carbocycles. The summed E-state index contributed by atoms with van der Waals surface area (Å²) in [5.74, 6) is 7.94. The maximum Gasteiger partial charge on any atom is 0.255 e. The normalized spacial score (nSPS) is 14.1. The SMILES string of the molecule is Cc1[nH]ncc1-c1nc2ccc(C(=O)N(CCC(C)C)CCC(C)C)cn2c1C#CCN1CCCC1. The van der Waals surface area contributed by atoms with Crippen molar-refractivity contribution in [3.63, 3.8) is 0 Å². The van der Waals surface area contributed by atoms with Crippen molar-refractivity contribution in [3.8, 4) is 23.1 Å². The van der Waals surface area contributed by atoms with Crippen LogP contribution in [0.4, 0.5) is 0 Å². The van der Waals surface area contributed by atoms with E-state index < -0.39 is 0 Å². The van der Waals surface area contributed by atoms with E-state index in [9.17, 15) is 4.79 Å². The van der Waals surface area contributed by atoms with Gasteiger partial charge in [0.25, 0.3) is 5.91 Å². The van der Waals surface area contributed by atoms with Gasteiger partial charge in [0.15, 0.2) is 0 Å². The number of rotatable bonds is 9. The fourth-order valence-electron chi connectivity index (χ4n) is 4.57. The Morgan fingerprint density at radius 1 is 1.11 bits per heavy atom. The van der Waals surface area contributed by atoms with E-state index >= 15 is 0 Å². The zero-order valence-corrected chi connectivity index (χ0v) is 22.5. The van der Waals surface area contributed by atoms with Gasteiger partial charge in [0.2, 0.25) is 0 Å². The minimum absolute atomic E-state index is 0.0731. The second-order valence-corrected chi connectivity index (χ2v) is 10.8. The second-order valence-electron chi connectivity index (χ2n) is 10.8. The molecule has 1 N–H and O–H groups in total. The van der Waals surface area contributed by atoms with E-state index in [1.807, 2.05) is 34.6 Å². The lowest BCUT2D eigenvalue weighted by atomic mass is 10.1. The number of likely N-dealkylation sites (tertiary alicyclic amines) is 1. The molecule has 7 heteroatoms. The van der Waals surface area contributed by atoms with Crippen LogP contribution in [0, 0.1) is 30.6 Å². The van der Waals surface area contributed by atoms with Crippen LogP contribution < -0.4 is 0 Å². The Hall–Kier alpha value is -3.11. The Bertz CT molecular complexity index is 1220. The number of aryl methyl sites for hydroxylation is 1. The topological polar surface area (TPSA) is 69.5 Å². The summed E-state index contributed by atoms with van der Waals surface area (Å²) in [7, 11) is 0. The molecule has 0 spiro atoms. The van der Waals surface area contributed by atoms with Crippen LogP contribution in [-0.2, 0) is 0 Å². The van der Waals surface area contributed by atoms with Crippen LogP contribution in [0.3, 0.4) is 0 Å². The summed E-state index contributed by atoms with van der Waals surface area (Å²) in [5.41, 5.74) is 4.95. The molecule has 4 heterocycles. The smallest absolute Gasteiger partial charge is 0.255 e. The molecule has 1 aliphatic heterocycles. The molecule has 1 saturated heterocycles. The first-order valence-corrected chi connectivity index (χ1v) is 13.4. The van der Waals surface area contributed by atoms with E-state index in [-0.39, 0.29) is 5.91 Å². The van der Waals surface area contributed by atoms with Crippen LogP contribution in [0.2, 0.25) is 0 Å². The van der Waals surface area contributed by atoms with E-state index in [1.54, 1.807) is 6.20 Å². The number of carbonyl (C=O) groups is 1. The third kappa shape index (κ3) is 6.17. The predicted octanol–water partition coefficient (Wildman–Crippen LogP) is 5.01. The first kappa shape index (κ1) is 26.0. The lowest BCUT2D eigenvalue weighted by Crippen LogP contribution is -2.34. The minimum atomic E-state index is 0.0731. The highest BCUT2D eigenvalue weighted by Gasteiger charge is 2.20. The monoisotopic (exact) mass is 488 g/mol. The first-order valence-electron chi connectivity index (χ1n) is 13.4. The van der Waals surface area contributed by atoms with Gasteiger partial charge in [0, 0.05) is 30.5 Å². The Morgan fingerprint density at radius 2 is 1.81 bits per heavy atom. The Labute approximate surface area is 215 Å². The first-order chi connectivity index (χ1) is 17.3. The lowest BCUT2D eigenvalue weighted by Gasteiger charge is -2.24. The molecule has 0 aromatic carbocycles. The van der Waals surface area contributed by atoms with Crippen molar-refractivity contribution in [2.75, 3.05) is 32.7 Å². The van der Waals surface area contributed by atoms with Crippen molar-refractivity contribution in [2.24, 2.45) is 11.8 Å². The number of imidazole rings is 1. The molecule has 3 aromatic heterocycles. The summed E-state index contributed by atoms with van der Waals surface area (Å²) >= 11 is 0. The average molecular weight is 489 g/mol. The number of H-pyrrole nitrogens is 1. The molecule has 0 saturated carbocycles. The molecule has 1 amide bonds. The lowest BCUT2D eigenvalue weighted by molar-refractivity contribution is 0.0740. The van der Waals surface area contributed by atoms with Crippen molar-refractivity contribution >= 4 is 11.6 Å². The fourth-order valence-corrected chi connectivity index (χ4v) is 4.57. The largest absolute Gasteiger partial charge is 0.339 e. The number of amides is 1. The second kappa shape index (κ2) is 11.7. The van der Waals surface area contributed by atoms with Crippen molar-refractivity contribution in [1.29, 1.82) is 0 Å². The highest BCUT2D eigenvalue weighted by Crippen LogP contribution is 2.26. The van der Waals surface area contributed by atoms with E-state index in [4.69, 9.17) is 4.98 Å². The van der Waals surface area contributed by atoms with Crippen LogP contribution in [0.25, 0.3) is 16.9 Å². The Morgan fingerprint density at radius 3 is 2.42 bits per heavy atom. The predicted molar refractivity (Wildman–Crippen MR) is 145 cm³/mol. The van der Waals surface area contributed by atoms with Crippen LogP contribution >= 0.6 is 0 Å². The maximum absolute atomic E-state index is 13.6. The minimum Gasteiger partial charge on any atom is -0.339 e. The van der Waals surface area contributed by atoms with Gasteiger partial charge in [-0.05, 0) is 75.6 Å². The number of fused-ring (bicyclic) bond motifs is 1. The number of hydrogen-bond donors (Lipinski definition) is 1. The van der Waals surface area contributed by atoms with Gasteiger partial charge in [0.05, 0.1) is 18.3 Å². The number of nitrogens with one attached hydrogen (secondary N) is 1. The van der Waals surface area contributed by atoms with Gasteiger partial charge in [-0.3, -0.25) is 19.2 Å². The zero-order valence-electron chi connectivity index (χ0n) is 22.5. The van der Waals surface area contributed by atoms with Gasteiger partial charge in [-0.15, -0.1) is 0 Å². The Balaban J connectivity index is 1.70. The van der Waals surface area contributed by atoms with Crippen molar-refractivity contribution in [1.82, 2.24) is 29.4 Å². The molecule has 0 radical (unpaired) electrons. The summed E-state index contributed by atoms with van der Waals surface area (Å²) in [4.78, 5) is 22.9. The van der Waals surface area contributed by atoms with Gasteiger partial charge in [-0.2, -0.15) is 5.10 Å². The average Bonchev–Trinajstić information content (AvgIpc) is 3.58. The third-order valence-corrected chi connectivity index (χ3v) is 6.90. The number of carbonyl (C=O) groups excluding carboxylic acids is 1.